The van der Waals surface area contributed by atoms with Crippen LogP contribution in [0.4, 0.5) is 0 Å². The predicted molar refractivity (Wildman–Crippen MR) is 65.4 cm³/mol. The topological polar surface area (TPSA) is 17.8 Å². The van der Waals surface area contributed by atoms with E-state index in [2.05, 4.69) is 28.6 Å². The third-order valence-corrected chi connectivity index (χ3v) is 3.65. The van der Waals surface area contributed by atoms with Crippen LogP contribution in [0.5, 0.6) is 0 Å². The van der Waals surface area contributed by atoms with Crippen LogP contribution in [0.1, 0.15) is 44.0 Å². The zero-order valence-corrected chi connectivity index (χ0v) is 9.74. The van der Waals surface area contributed by atoms with E-state index in [1.807, 2.05) is 12.1 Å². The molecule has 3 rings (SSSR count). The van der Waals surface area contributed by atoms with E-state index in [1.54, 1.807) is 0 Å². The molecule has 0 atom stereocenters. The van der Waals surface area contributed by atoms with Crippen LogP contribution in [0.25, 0.3) is 11.0 Å². The van der Waals surface area contributed by atoms with E-state index in [9.17, 15) is 0 Å². The molecule has 1 heterocycles. The highest BCUT2D eigenvalue weighted by Crippen LogP contribution is 2.31. The molecule has 2 aromatic rings. The Bertz CT molecular complexity index is 492. The molecule has 1 aliphatic carbocycles. The van der Waals surface area contributed by atoms with Gasteiger partial charge in [-0.1, -0.05) is 25.3 Å². The van der Waals surface area contributed by atoms with E-state index in [-0.39, 0.29) is 0 Å². The molecule has 1 saturated carbocycles. The SMILES string of the molecule is Cc1nc2c[c]ccc2n1C1CCCCC1. The number of aryl methyl sites for hydroxylation is 1. The van der Waals surface area contributed by atoms with Crippen LogP contribution in [0.15, 0.2) is 18.2 Å². The zero-order chi connectivity index (χ0) is 11.0. The Morgan fingerprint density at radius 2 is 2.12 bits per heavy atom. The summed E-state index contributed by atoms with van der Waals surface area (Å²) in [4.78, 5) is 4.62. The summed E-state index contributed by atoms with van der Waals surface area (Å²) in [5.74, 6) is 1.15. The van der Waals surface area contributed by atoms with Gasteiger partial charge in [-0.3, -0.25) is 0 Å². The first-order valence-corrected chi connectivity index (χ1v) is 6.21. The number of hydrogen-bond acceptors (Lipinski definition) is 1. The molecular formula is C14H17N2. The standard InChI is InChI=1S/C14H17N2/c1-11-15-13-9-5-6-10-14(13)16(11)12-7-3-2-4-8-12/h6,9-10,12H,2-4,7-8H2,1H3. The molecule has 1 aliphatic rings. The molecule has 0 N–H and O–H groups in total. The first-order valence-electron chi connectivity index (χ1n) is 6.21. The lowest BCUT2D eigenvalue weighted by Crippen LogP contribution is -2.13. The Morgan fingerprint density at radius 3 is 2.94 bits per heavy atom. The number of imidazole rings is 1. The minimum atomic E-state index is 0.668. The van der Waals surface area contributed by atoms with E-state index in [0.717, 1.165) is 11.3 Å². The van der Waals surface area contributed by atoms with Gasteiger partial charge in [0.1, 0.15) is 5.82 Å². The Hall–Kier alpha value is -1.31. The van der Waals surface area contributed by atoms with Crippen LogP contribution in [-0.2, 0) is 0 Å². The molecule has 0 saturated heterocycles. The summed E-state index contributed by atoms with van der Waals surface area (Å²) in [5, 5.41) is 0. The Balaban J connectivity index is 2.10. The molecule has 2 heteroatoms. The first kappa shape index (κ1) is 9.88. The molecular weight excluding hydrogens is 196 g/mol. The van der Waals surface area contributed by atoms with Crippen LogP contribution in [0.3, 0.4) is 0 Å². The van der Waals surface area contributed by atoms with Crippen molar-refractivity contribution in [3.05, 3.63) is 30.1 Å². The fourth-order valence-electron chi connectivity index (χ4n) is 2.91. The molecule has 0 aliphatic heterocycles. The van der Waals surface area contributed by atoms with Gasteiger partial charge in [-0.25, -0.2) is 4.98 Å². The minimum Gasteiger partial charge on any atom is -0.325 e. The van der Waals surface area contributed by atoms with Crippen LogP contribution < -0.4 is 0 Å². The average Bonchev–Trinajstić information content (AvgIpc) is 2.66. The molecule has 1 aromatic heterocycles. The highest BCUT2D eigenvalue weighted by atomic mass is 15.1. The first-order chi connectivity index (χ1) is 7.86. The Morgan fingerprint density at radius 1 is 1.31 bits per heavy atom. The fraction of sp³-hybridized carbons (Fsp3) is 0.500. The monoisotopic (exact) mass is 213 g/mol. The summed E-state index contributed by atoms with van der Waals surface area (Å²) in [6.07, 6.45) is 6.75. The van der Waals surface area contributed by atoms with E-state index in [1.165, 1.54) is 37.6 Å². The molecule has 0 bridgehead atoms. The Labute approximate surface area is 96.3 Å². The fourth-order valence-corrected chi connectivity index (χ4v) is 2.91. The second-order valence-electron chi connectivity index (χ2n) is 4.74. The molecule has 1 radical (unpaired) electrons. The maximum Gasteiger partial charge on any atom is 0.106 e. The highest BCUT2D eigenvalue weighted by molar-refractivity contribution is 5.75. The summed E-state index contributed by atoms with van der Waals surface area (Å²) < 4.78 is 2.43. The van der Waals surface area contributed by atoms with Gasteiger partial charge in [-0.2, -0.15) is 0 Å². The van der Waals surface area contributed by atoms with Crippen LogP contribution in [-0.4, -0.2) is 9.55 Å². The van der Waals surface area contributed by atoms with Gasteiger partial charge < -0.3 is 4.57 Å². The van der Waals surface area contributed by atoms with Gasteiger partial charge in [0.25, 0.3) is 0 Å². The van der Waals surface area contributed by atoms with Gasteiger partial charge in [-0.05, 0) is 38.0 Å². The smallest absolute Gasteiger partial charge is 0.106 e. The molecule has 1 aromatic carbocycles. The largest absolute Gasteiger partial charge is 0.325 e. The Kier molecular flexibility index (Phi) is 2.43. The normalized spacial score (nSPS) is 18.1. The summed E-state index contributed by atoms with van der Waals surface area (Å²) in [5.41, 5.74) is 2.37. The zero-order valence-electron chi connectivity index (χ0n) is 9.74. The van der Waals surface area contributed by atoms with Crippen molar-refractivity contribution in [2.75, 3.05) is 0 Å². The van der Waals surface area contributed by atoms with Gasteiger partial charge in [0.05, 0.1) is 11.0 Å². The van der Waals surface area contributed by atoms with Crippen molar-refractivity contribution in [2.24, 2.45) is 0 Å². The molecule has 1 fully saturated rings. The lowest BCUT2D eigenvalue weighted by molar-refractivity contribution is 0.355. The van der Waals surface area contributed by atoms with E-state index < -0.39 is 0 Å². The molecule has 16 heavy (non-hydrogen) atoms. The van der Waals surface area contributed by atoms with E-state index in [0.29, 0.717) is 6.04 Å². The number of nitrogens with zero attached hydrogens (tertiary/aromatic N) is 2. The van der Waals surface area contributed by atoms with Gasteiger partial charge in [0.2, 0.25) is 0 Å². The second kappa shape index (κ2) is 3.93. The van der Waals surface area contributed by atoms with Crippen molar-refractivity contribution >= 4 is 11.0 Å². The number of hydrogen-bond donors (Lipinski definition) is 0. The molecule has 2 nitrogen and oxygen atoms in total. The van der Waals surface area contributed by atoms with Crippen molar-refractivity contribution in [3.8, 4) is 0 Å². The molecule has 83 valence electrons. The number of fused-ring (bicyclic) bond motifs is 1. The lowest BCUT2D eigenvalue weighted by Gasteiger charge is -2.24. The molecule has 0 spiro atoms. The van der Waals surface area contributed by atoms with Crippen LogP contribution >= 0.6 is 0 Å². The van der Waals surface area contributed by atoms with E-state index in [4.69, 9.17) is 0 Å². The van der Waals surface area contributed by atoms with Gasteiger partial charge in [0.15, 0.2) is 0 Å². The minimum absolute atomic E-state index is 0.668. The van der Waals surface area contributed by atoms with Crippen molar-refractivity contribution < 1.29 is 0 Å². The average molecular weight is 213 g/mol. The summed E-state index contributed by atoms with van der Waals surface area (Å²) in [7, 11) is 0. The maximum absolute atomic E-state index is 4.62. The number of benzene rings is 1. The summed E-state index contributed by atoms with van der Waals surface area (Å²) in [6.45, 7) is 2.12. The summed E-state index contributed by atoms with van der Waals surface area (Å²) >= 11 is 0. The van der Waals surface area contributed by atoms with Gasteiger partial charge >= 0.3 is 0 Å². The lowest BCUT2D eigenvalue weighted by atomic mass is 9.95. The second-order valence-corrected chi connectivity index (χ2v) is 4.74. The molecule has 0 unspecified atom stereocenters. The van der Waals surface area contributed by atoms with Crippen molar-refractivity contribution in [1.29, 1.82) is 0 Å². The third kappa shape index (κ3) is 1.53. The van der Waals surface area contributed by atoms with Gasteiger partial charge in [-0.15, -0.1) is 0 Å². The molecule has 0 amide bonds. The van der Waals surface area contributed by atoms with Crippen molar-refractivity contribution in [2.45, 2.75) is 45.1 Å². The predicted octanol–water partition coefficient (Wildman–Crippen LogP) is 3.65. The number of aromatic nitrogens is 2. The van der Waals surface area contributed by atoms with Crippen molar-refractivity contribution in [1.82, 2.24) is 9.55 Å². The third-order valence-electron chi connectivity index (χ3n) is 3.65. The summed E-state index contributed by atoms with van der Waals surface area (Å²) in [6, 6.07) is 9.89. The maximum atomic E-state index is 4.62. The quantitative estimate of drug-likeness (QED) is 0.707. The van der Waals surface area contributed by atoms with Crippen LogP contribution in [0.2, 0.25) is 0 Å². The highest BCUT2D eigenvalue weighted by Gasteiger charge is 2.19. The van der Waals surface area contributed by atoms with Gasteiger partial charge in [0, 0.05) is 6.04 Å². The van der Waals surface area contributed by atoms with E-state index >= 15 is 0 Å². The number of rotatable bonds is 1. The van der Waals surface area contributed by atoms with Crippen LogP contribution in [0, 0.1) is 13.0 Å². The van der Waals surface area contributed by atoms with Crippen molar-refractivity contribution in [3.63, 3.8) is 0 Å².